The van der Waals surface area contributed by atoms with E-state index in [0.29, 0.717) is 22.6 Å². The molecule has 1 N–H and O–H groups in total. The molecule has 0 bridgehead atoms. The highest BCUT2D eigenvalue weighted by Crippen LogP contribution is 2.23. The number of amides is 1. The lowest BCUT2D eigenvalue weighted by atomic mass is 10.1. The van der Waals surface area contributed by atoms with Crippen molar-refractivity contribution in [1.82, 2.24) is 5.43 Å². The van der Waals surface area contributed by atoms with E-state index < -0.39 is 10.8 Å². The summed E-state index contributed by atoms with van der Waals surface area (Å²) < 4.78 is 10.3. The molecule has 0 unspecified atom stereocenters. The van der Waals surface area contributed by atoms with Gasteiger partial charge in [0.15, 0.2) is 0 Å². The van der Waals surface area contributed by atoms with Crippen molar-refractivity contribution in [3.8, 4) is 11.5 Å². The molecule has 0 saturated heterocycles. The first-order valence-electron chi connectivity index (χ1n) is 7.26. The number of carbonyl (C=O) groups is 1. The highest BCUT2D eigenvalue weighted by Gasteiger charge is 2.14. The number of hydrogen-bond acceptors (Lipinski definition) is 6. The van der Waals surface area contributed by atoms with Gasteiger partial charge in [-0.2, -0.15) is 5.10 Å². The van der Waals surface area contributed by atoms with Crippen molar-refractivity contribution in [2.75, 3.05) is 14.2 Å². The number of rotatable bonds is 6. The number of hydrazone groups is 1. The van der Waals surface area contributed by atoms with E-state index in [0.717, 1.165) is 0 Å². The minimum atomic E-state index is -0.549. The summed E-state index contributed by atoms with van der Waals surface area (Å²) in [6.45, 7) is 1.61. The molecule has 130 valence electrons. The first-order valence-corrected chi connectivity index (χ1v) is 7.26. The minimum absolute atomic E-state index is 0.117. The molecule has 0 aliphatic heterocycles. The van der Waals surface area contributed by atoms with Gasteiger partial charge in [-0.15, -0.1) is 0 Å². The molecule has 0 aliphatic rings. The maximum absolute atomic E-state index is 12.1. The van der Waals surface area contributed by atoms with Crippen LogP contribution in [-0.4, -0.2) is 31.3 Å². The Kier molecular flexibility index (Phi) is 5.67. The zero-order chi connectivity index (χ0) is 18.4. The van der Waals surface area contributed by atoms with E-state index in [1.54, 1.807) is 32.2 Å². The Morgan fingerprint density at radius 3 is 2.60 bits per heavy atom. The third-order valence-corrected chi connectivity index (χ3v) is 3.48. The number of benzene rings is 2. The molecule has 8 nitrogen and oxygen atoms in total. The van der Waals surface area contributed by atoms with Crippen molar-refractivity contribution in [2.45, 2.75) is 6.92 Å². The van der Waals surface area contributed by atoms with Crippen LogP contribution in [0.3, 0.4) is 0 Å². The Hall–Kier alpha value is -3.42. The summed E-state index contributed by atoms with van der Waals surface area (Å²) in [4.78, 5) is 22.5. The average Bonchev–Trinajstić information content (AvgIpc) is 2.61. The standard InChI is InChI=1S/C17H17N3O5/c1-11-4-5-12(8-15(11)20(22)23)17(21)19-18-10-13-6-7-14(24-2)9-16(13)25-3/h4-10H,1-3H3,(H,19,21)/b18-10-. The molecule has 25 heavy (non-hydrogen) atoms. The Morgan fingerprint density at radius 2 is 1.96 bits per heavy atom. The van der Waals surface area contributed by atoms with E-state index in [9.17, 15) is 14.9 Å². The van der Waals surface area contributed by atoms with E-state index in [1.165, 1.54) is 31.5 Å². The number of nitro groups is 1. The Labute approximate surface area is 144 Å². The second-order valence-electron chi connectivity index (χ2n) is 5.07. The number of aryl methyl sites for hydroxylation is 1. The summed E-state index contributed by atoms with van der Waals surface area (Å²) in [5.41, 5.74) is 3.48. The largest absolute Gasteiger partial charge is 0.497 e. The van der Waals surface area contributed by atoms with E-state index >= 15 is 0 Å². The van der Waals surface area contributed by atoms with Crippen molar-refractivity contribution >= 4 is 17.8 Å². The predicted octanol–water partition coefficient (Wildman–Crippen LogP) is 2.68. The number of carbonyl (C=O) groups excluding carboxylic acids is 1. The third-order valence-electron chi connectivity index (χ3n) is 3.48. The normalized spacial score (nSPS) is 10.5. The summed E-state index contributed by atoms with van der Waals surface area (Å²) in [5.74, 6) is 0.611. The SMILES string of the molecule is COc1ccc(/C=N\NC(=O)c2ccc(C)c([N+](=O)[O-])c2)c(OC)c1. The molecule has 0 radical (unpaired) electrons. The van der Waals surface area contributed by atoms with Gasteiger partial charge >= 0.3 is 0 Å². The molecule has 0 heterocycles. The van der Waals surface area contributed by atoms with Crippen LogP contribution in [0.5, 0.6) is 11.5 Å². The zero-order valence-corrected chi connectivity index (χ0v) is 14.0. The van der Waals surface area contributed by atoms with Crippen molar-refractivity contribution in [3.05, 3.63) is 63.2 Å². The first-order chi connectivity index (χ1) is 12.0. The van der Waals surface area contributed by atoms with Crippen molar-refractivity contribution in [3.63, 3.8) is 0 Å². The number of methoxy groups -OCH3 is 2. The summed E-state index contributed by atoms with van der Waals surface area (Å²) in [5, 5.41) is 14.8. The molecule has 0 spiro atoms. The van der Waals surface area contributed by atoms with Gasteiger partial charge in [0, 0.05) is 28.8 Å². The molecule has 2 aromatic rings. The third kappa shape index (κ3) is 4.31. The van der Waals surface area contributed by atoms with Gasteiger partial charge < -0.3 is 9.47 Å². The molecule has 8 heteroatoms. The number of ether oxygens (including phenoxy) is 2. The minimum Gasteiger partial charge on any atom is -0.497 e. The fourth-order valence-electron chi connectivity index (χ4n) is 2.10. The fraction of sp³-hybridized carbons (Fsp3) is 0.176. The van der Waals surface area contributed by atoms with Gasteiger partial charge in [0.05, 0.1) is 25.4 Å². The van der Waals surface area contributed by atoms with Crippen LogP contribution in [-0.2, 0) is 0 Å². The number of nitro benzene ring substituents is 1. The topological polar surface area (TPSA) is 103 Å². The van der Waals surface area contributed by atoms with Crippen LogP contribution in [0, 0.1) is 17.0 Å². The fourth-order valence-corrected chi connectivity index (χ4v) is 2.10. The van der Waals surface area contributed by atoms with Crippen molar-refractivity contribution in [1.29, 1.82) is 0 Å². The lowest BCUT2D eigenvalue weighted by Crippen LogP contribution is -2.18. The van der Waals surface area contributed by atoms with Gasteiger partial charge in [-0.25, -0.2) is 5.43 Å². The molecule has 2 rings (SSSR count). The van der Waals surface area contributed by atoms with Crippen LogP contribution in [0.4, 0.5) is 5.69 Å². The molecule has 0 fully saturated rings. The number of hydrogen-bond donors (Lipinski definition) is 1. The molecular formula is C17H17N3O5. The molecular weight excluding hydrogens is 326 g/mol. The smallest absolute Gasteiger partial charge is 0.273 e. The van der Waals surface area contributed by atoms with Crippen LogP contribution in [0.25, 0.3) is 0 Å². The van der Waals surface area contributed by atoms with Crippen LogP contribution < -0.4 is 14.9 Å². The highest BCUT2D eigenvalue weighted by molar-refractivity contribution is 5.95. The van der Waals surface area contributed by atoms with Crippen molar-refractivity contribution in [2.24, 2.45) is 5.10 Å². The average molecular weight is 343 g/mol. The Balaban J connectivity index is 2.13. The van der Waals surface area contributed by atoms with Gasteiger partial charge in [-0.3, -0.25) is 14.9 Å². The van der Waals surface area contributed by atoms with Crippen LogP contribution >= 0.6 is 0 Å². The van der Waals surface area contributed by atoms with E-state index in [1.807, 2.05) is 0 Å². The van der Waals surface area contributed by atoms with Crippen molar-refractivity contribution < 1.29 is 19.2 Å². The summed E-state index contributed by atoms with van der Waals surface area (Å²) in [7, 11) is 3.06. The predicted molar refractivity (Wildman–Crippen MR) is 92.4 cm³/mol. The molecule has 0 aliphatic carbocycles. The molecule has 2 aromatic carbocycles. The second kappa shape index (κ2) is 7.91. The van der Waals surface area contributed by atoms with Crippen LogP contribution in [0.2, 0.25) is 0 Å². The molecule has 0 atom stereocenters. The first kappa shape index (κ1) is 17.9. The summed E-state index contributed by atoms with van der Waals surface area (Å²) >= 11 is 0. The summed E-state index contributed by atoms with van der Waals surface area (Å²) in [6, 6.07) is 9.38. The second-order valence-corrected chi connectivity index (χ2v) is 5.07. The maximum Gasteiger partial charge on any atom is 0.273 e. The zero-order valence-electron chi connectivity index (χ0n) is 14.0. The molecule has 1 amide bonds. The highest BCUT2D eigenvalue weighted by atomic mass is 16.6. The quantitative estimate of drug-likeness (QED) is 0.493. The molecule has 0 aromatic heterocycles. The maximum atomic E-state index is 12.1. The van der Waals surface area contributed by atoms with Gasteiger partial charge in [0.25, 0.3) is 11.6 Å². The van der Waals surface area contributed by atoms with E-state index in [-0.39, 0.29) is 11.3 Å². The molecule has 0 saturated carbocycles. The Morgan fingerprint density at radius 1 is 1.20 bits per heavy atom. The van der Waals surface area contributed by atoms with Crippen LogP contribution in [0.15, 0.2) is 41.5 Å². The van der Waals surface area contributed by atoms with Crippen LogP contribution in [0.1, 0.15) is 21.5 Å². The van der Waals surface area contributed by atoms with Gasteiger partial charge in [0.2, 0.25) is 0 Å². The lowest BCUT2D eigenvalue weighted by Gasteiger charge is -2.07. The van der Waals surface area contributed by atoms with E-state index in [4.69, 9.17) is 9.47 Å². The van der Waals surface area contributed by atoms with Gasteiger partial charge in [-0.05, 0) is 25.1 Å². The number of nitrogens with zero attached hydrogens (tertiary/aromatic N) is 2. The Bertz CT molecular complexity index is 833. The monoisotopic (exact) mass is 343 g/mol. The van der Waals surface area contributed by atoms with Gasteiger partial charge in [-0.1, -0.05) is 6.07 Å². The lowest BCUT2D eigenvalue weighted by molar-refractivity contribution is -0.385. The van der Waals surface area contributed by atoms with Gasteiger partial charge in [0.1, 0.15) is 11.5 Å². The number of nitrogens with one attached hydrogen (secondary N) is 1. The van der Waals surface area contributed by atoms with E-state index in [2.05, 4.69) is 10.5 Å². The summed E-state index contributed by atoms with van der Waals surface area (Å²) in [6.07, 6.45) is 1.42.